The smallest absolute Gasteiger partial charge is 0.411 e. The van der Waals surface area contributed by atoms with Crippen molar-refractivity contribution in [3.63, 3.8) is 0 Å². The topological polar surface area (TPSA) is 64.3 Å². The van der Waals surface area contributed by atoms with E-state index < -0.39 is 6.09 Å². The minimum atomic E-state index is -0.457. The van der Waals surface area contributed by atoms with Crippen molar-refractivity contribution in [3.8, 4) is 0 Å². The highest BCUT2D eigenvalue weighted by Gasteiger charge is 2.07. The molecule has 0 saturated carbocycles. The standard InChI is InChI=1S/C13H20N2O2S/c1-3-7-17-13(16)15-12-9-10(18-8-4-2)5-6-11(12)14/h5-6,9H,3-4,7-8,14H2,1-2H3,(H,15,16). The summed E-state index contributed by atoms with van der Waals surface area (Å²) in [7, 11) is 0. The van der Waals surface area contributed by atoms with Gasteiger partial charge in [-0.1, -0.05) is 13.8 Å². The van der Waals surface area contributed by atoms with E-state index >= 15 is 0 Å². The fourth-order valence-corrected chi connectivity index (χ4v) is 2.10. The lowest BCUT2D eigenvalue weighted by molar-refractivity contribution is 0.161. The van der Waals surface area contributed by atoms with E-state index in [0.29, 0.717) is 18.0 Å². The molecule has 0 bridgehead atoms. The third-order valence-corrected chi connectivity index (χ3v) is 3.37. The molecule has 1 amide bonds. The largest absolute Gasteiger partial charge is 0.449 e. The van der Waals surface area contributed by atoms with Crippen LogP contribution in [0, 0.1) is 0 Å². The fraction of sp³-hybridized carbons (Fsp3) is 0.462. The number of benzene rings is 1. The molecule has 0 saturated heterocycles. The molecule has 0 aliphatic rings. The average Bonchev–Trinajstić information content (AvgIpc) is 2.37. The molecule has 0 aliphatic carbocycles. The third-order valence-electron chi connectivity index (χ3n) is 2.17. The Balaban J connectivity index is 2.65. The molecule has 1 aromatic rings. The lowest BCUT2D eigenvalue weighted by Gasteiger charge is -2.10. The van der Waals surface area contributed by atoms with Crippen molar-refractivity contribution >= 4 is 29.2 Å². The van der Waals surface area contributed by atoms with E-state index in [4.69, 9.17) is 10.5 Å². The second-order valence-electron chi connectivity index (χ2n) is 3.86. The number of anilines is 2. The van der Waals surface area contributed by atoms with Crippen molar-refractivity contribution in [2.24, 2.45) is 0 Å². The van der Waals surface area contributed by atoms with Gasteiger partial charge in [0.1, 0.15) is 0 Å². The Morgan fingerprint density at radius 2 is 2.17 bits per heavy atom. The highest BCUT2D eigenvalue weighted by atomic mass is 32.2. The van der Waals surface area contributed by atoms with E-state index in [9.17, 15) is 4.79 Å². The van der Waals surface area contributed by atoms with E-state index in [1.165, 1.54) is 0 Å². The van der Waals surface area contributed by atoms with Crippen LogP contribution >= 0.6 is 11.8 Å². The van der Waals surface area contributed by atoms with Gasteiger partial charge in [0, 0.05) is 4.90 Å². The number of ether oxygens (including phenoxy) is 1. The molecule has 18 heavy (non-hydrogen) atoms. The molecule has 100 valence electrons. The van der Waals surface area contributed by atoms with Crippen LogP contribution in [0.15, 0.2) is 23.1 Å². The van der Waals surface area contributed by atoms with Crippen molar-refractivity contribution in [2.45, 2.75) is 31.6 Å². The van der Waals surface area contributed by atoms with Crippen molar-refractivity contribution in [1.29, 1.82) is 0 Å². The summed E-state index contributed by atoms with van der Waals surface area (Å²) in [5.41, 5.74) is 6.97. The molecule has 5 heteroatoms. The zero-order chi connectivity index (χ0) is 13.4. The minimum absolute atomic E-state index is 0.413. The number of nitrogens with two attached hydrogens (primary N) is 1. The van der Waals surface area contributed by atoms with Gasteiger partial charge in [0.15, 0.2) is 0 Å². The van der Waals surface area contributed by atoms with Crippen LogP contribution in [0.2, 0.25) is 0 Å². The molecule has 0 atom stereocenters. The number of nitrogen functional groups attached to an aromatic ring is 1. The summed E-state index contributed by atoms with van der Waals surface area (Å²) in [6, 6.07) is 5.63. The second kappa shape index (κ2) is 7.87. The Morgan fingerprint density at radius 1 is 1.39 bits per heavy atom. The summed E-state index contributed by atoms with van der Waals surface area (Å²) >= 11 is 1.74. The van der Waals surface area contributed by atoms with Crippen LogP contribution in [0.25, 0.3) is 0 Å². The van der Waals surface area contributed by atoms with Crippen LogP contribution in [0.3, 0.4) is 0 Å². The van der Waals surface area contributed by atoms with Crippen LogP contribution in [0.5, 0.6) is 0 Å². The summed E-state index contributed by atoms with van der Waals surface area (Å²) in [5, 5.41) is 2.66. The van der Waals surface area contributed by atoms with Gasteiger partial charge in [-0.15, -0.1) is 11.8 Å². The summed E-state index contributed by atoms with van der Waals surface area (Å²) < 4.78 is 4.96. The number of amides is 1. The average molecular weight is 268 g/mol. The van der Waals surface area contributed by atoms with E-state index in [1.807, 2.05) is 19.1 Å². The summed E-state index contributed by atoms with van der Waals surface area (Å²) in [4.78, 5) is 12.5. The molecule has 3 N–H and O–H groups in total. The second-order valence-corrected chi connectivity index (χ2v) is 5.03. The van der Waals surface area contributed by atoms with Crippen LogP contribution in [0.1, 0.15) is 26.7 Å². The predicted octanol–water partition coefficient (Wildman–Crippen LogP) is 3.73. The summed E-state index contributed by atoms with van der Waals surface area (Å²) in [6.45, 7) is 4.49. The first kappa shape index (κ1) is 14.7. The molecule has 0 unspecified atom stereocenters. The zero-order valence-corrected chi connectivity index (χ0v) is 11.7. The molecular formula is C13H20N2O2S. The number of rotatable bonds is 6. The van der Waals surface area contributed by atoms with Crippen LogP contribution in [0.4, 0.5) is 16.2 Å². The SMILES string of the molecule is CCCOC(=O)Nc1cc(SCCC)ccc1N. The first-order valence-electron chi connectivity index (χ1n) is 6.13. The first-order valence-corrected chi connectivity index (χ1v) is 7.12. The molecule has 0 heterocycles. The number of nitrogens with one attached hydrogen (secondary N) is 1. The van der Waals surface area contributed by atoms with E-state index in [1.54, 1.807) is 17.8 Å². The predicted molar refractivity (Wildman–Crippen MR) is 77.1 cm³/mol. The molecule has 0 spiro atoms. The highest BCUT2D eigenvalue weighted by Crippen LogP contribution is 2.27. The molecule has 0 fully saturated rings. The summed E-state index contributed by atoms with van der Waals surface area (Å²) in [6.07, 6.45) is 1.45. The van der Waals surface area contributed by atoms with Gasteiger partial charge in [-0.05, 0) is 36.8 Å². The van der Waals surface area contributed by atoms with Crippen molar-refractivity contribution in [3.05, 3.63) is 18.2 Å². The number of hydrogen-bond donors (Lipinski definition) is 2. The number of carbonyl (C=O) groups excluding carboxylic acids is 1. The molecule has 0 aliphatic heterocycles. The van der Waals surface area contributed by atoms with E-state index in [0.717, 1.165) is 23.5 Å². The summed E-state index contributed by atoms with van der Waals surface area (Å²) in [5.74, 6) is 1.05. The Bertz CT molecular complexity index is 397. The molecular weight excluding hydrogens is 248 g/mol. The lowest BCUT2D eigenvalue weighted by Crippen LogP contribution is -2.15. The van der Waals surface area contributed by atoms with Crippen molar-refractivity contribution in [1.82, 2.24) is 0 Å². The van der Waals surface area contributed by atoms with E-state index in [-0.39, 0.29) is 0 Å². The quantitative estimate of drug-likeness (QED) is 0.609. The van der Waals surface area contributed by atoms with Gasteiger partial charge in [0.05, 0.1) is 18.0 Å². The van der Waals surface area contributed by atoms with Gasteiger partial charge in [-0.2, -0.15) is 0 Å². The zero-order valence-electron chi connectivity index (χ0n) is 10.9. The van der Waals surface area contributed by atoms with Gasteiger partial charge in [-0.3, -0.25) is 5.32 Å². The van der Waals surface area contributed by atoms with Crippen molar-refractivity contribution in [2.75, 3.05) is 23.4 Å². The fourth-order valence-electron chi connectivity index (χ4n) is 1.29. The maximum atomic E-state index is 11.5. The number of thioether (sulfide) groups is 1. The Hall–Kier alpha value is -1.36. The van der Waals surface area contributed by atoms with E-state index in [2.05, 4.69) is 12.2 Å². The third kappa shape index (κ3) is 4.87. The molecule has 1 aromatic carbocycles. The molecule has 4 nitrogen and oxygen atoms in total. The van der Waals surface area contributed by atoms with Crippen molar-refractivity contribution < 1.29 is 9.53 Å². The van der Waals surface area contributed by atoms with Crippen LogP contribution in [-0.2, 0) is 4.74 Å². The first-order chi connectivity index (χ1) is 8.67. The lowest BCUT2D eigenvalue weighted by atomic mass is 10.3. The maximum Gasteiger partial charge on any atom is 0.411 e. The monoisotopic (exact) mass is 268 g/mol. The van der Waals surface area contributed by atoms with Crippen LogP contribution in [-0.4, -0.2) is 18.5 Å². The van der Waals surface area contributed by atoms with Gasteiger partial charge in [0.25, 0.3) is 0 Å². The Morgan fingerprint density at radius 3 is 2.83 bits per heavy atom. The van der Waals surface area contributed by atoms with Crippen LogP contribution < -0.4 is 11.1 Å². The van der Waals surface area contributed by atoms with Gasteiger partial charge >= 0.3 is 6.09 Å². The Labute approximate surface area is 112 Å². The Kier molecular flexibility index (Phi) is 6.43. The number of hydrogen-bond acceptors (Lipinski definition) is 4. The van der Waals surface area contributed by atoms with Gasteiger partial charge < -0.3 is 10.5 Å². The molecule has 1 rings (SSSR count). The normalized spacial score (nSPS) is 10.1. The minimum Gasteiger partial charge on any atom is -0.449 e. The molecule has 0 aromatic heterocycles. The van der Waals surface area contributed by atoms with Gasteiger partial charge in [-0.25, -0.2) is 4.79 Å². The van der Waals surface area contributed by atoms with Gasteiger partial charge in [0.2, 0.25) is 0 Å². The molecule has 0 radical (unpaired) electrons. The highest BCUT2D eigenvalue weighted by molar-refractivity contribution is 7.99. The number of carbonyl (C=O) groups is 1. The maximum absolute atomic E-state index is 11.5.